The summed E-state index contributed by atoms with van der Waals surface area (Å²) in [6.07, 6.45) is 0. The maximum atomic E-state index is 3.80. The van der Waals surface area contributed by atoms with E-state index in [1.54, 1.807) is 0 Å². The predicted molar refractivity (Wildman–Crippen MR) is 157 cm³/mol. The first-order valence-corrected chi connectivity index (χ1v) is 13.4. The van der Waals surface area contributed by atoms with E-state index in [-0.39, 0.29) is 0 Å². The molecule has 8 rings (SSSR count). The maximum absolute atomic E-state index is 3.80. The molecule has 1 atom stereocenters. The van der Waals surface area contributed by atoms with Crippen LogP contribution in [0.2, 0.25) is 0 Å². The molecule has 1 aliphatic carbocycles. The van der Waals surface area contributed by atoms with Crippen molar-refractivity contribution in [3.05, 3.63) is 160 Å². The summed E-state index contributed by atoms with van der Waals surface area (Å²) >= 11 is 3.80. The smallest absolute Gasteiger partial charge is 0.0754 e. The van der Waals surface area contributed by atoms with Crippen molar-refractivity contribution in [3.8, 4) is 11.1 Å². The van der Waals surface area contributed by atoms with Crippen molar-refractivity contribution in [1.82, 2.24) is 0 Å². The quantitative estimate of drug-likeness (QED) is 0.202. The third-order valence-electron chi connectivity index (χ3n) is 8.10. The van der Waals surface area contributed by atoms with Gasteiger partial charge in [-0.2, -0.15) is 0 Å². The zero-order chi connectivity index (χ0) is 24.6. The monoisotopic (exact) mass is 535 g/mol. The van der Waals surface area contributed by atoms with Gasteiger partial charge >= 0.3 is 0 Å². The molecule has 6 aromatic rings. The SMILES string of the molecule is Brc1ccc2c(c1)N(c1ccccc1)c1ccccc1C21c2ccccc2-c2c1ccc1ccccc21. The summed E-state index contributed by atoms with van der Waals surface area (Å²) in [5.74, 6) is 0. The molecule has 0 amide bonds. The Balaban J connectivity index is 1.58. The molecule has 0 saturated carbocycles. The summed E-state index contributed by atoms with van der Waals surface area (Å²) < 4.78 is 1.08. The molecular weight excluding hydrogens is 514 g/mol. The molecule has 0 bridgehead atoms. The number of anilines is 3. The molecule has 1 nitrogen and oxygen atoms in total. The van der Waals surface area contributed by atoms with Gasteiger partial charge in [0, 0.05) is 10.2 Å². The average Bonchev–Trinajstić information content (AvgIpc) is 3.25. The summed E-state index contributed by atoms with van der Waals surface area (Å²) in [5.41, 5.74) is 11.2. The van der Waals surface area contributed by atoms with E-state index in [0.717, 1.165) is 10.2 Å². The molecule has 174 valence electrons. The second-order valence-electron chi connectivity index (χ2n) is 9.85. The first kappa shape index (κ1) is 21.0. The maximum Gasteiger partial charge on any atom is 0.0754 e. The van der Waals surface area contributed by atoms with Crippen LogP contribution in [0.15, 0.2) is 138 Å². The largest absolute Gasteiger partial charge is 0.310 e. The van der Waals surface area contributed by atoms with E-state index in [4.69, 9.17) is 0 Å². The van der Waals surface area contributed by atoms with Crippen molar-refractivity contribution < 1.29 is 0 Å². The normalized spacial score (nSPS) is 16.8. The molecule has 1 unspecified atom stereocenters. The number of hydrogen-bond donors (Lipinski definition) is 0. The number of nitrogens with zero attached hydrogens (tertiary/aromatic N) is 1. The van der Waals surface area contributed by atoms with Gasteiger partial charge in [0.15, 0.2) is 0 Å². The van der Waals surface area contributed by atoms with Crippen molar-refractivity contribution in [2.75, 3.05) is 4.90 Å². The number of para-hydroxylation sites is 2. The summed E-state index contributed by atoms with van der Waals surface area (Å²) in [4.78, 5) is 2.42. The van der Waals surface area contributed by atoms with E-state index in [1.165, 1.54) is 55.5 Å². The molecule has 6 aromatic carbocycles. The van der Waals surface area contributed by atoms with Crippen LogP contribution in [0.3, 0.4) is 0 Å². The molecule has 0 radical (unpaired) electrons. The number of benzene rings is 6. The second-order valence-corrected chi connectivity index (χ2v) is 10.8. The van der Waals surface area contributed by atoms with E-state index in [2.05, 4.69) is 154 Å². The Kier molecular flexibility index (Phi) is 4.36. The molecule has 2 heteroatoms. The molecule has 0 aromatic heterocycles. The van der Waals surface area contributed by atoms with Gasteiger partial charge in [0.1, 0.15) is 0 Å². The van der Waals surface area contributed by atoms with Crippen LogP contribution in [-0.4, -0.2) is 0 Å². The van der Waals surface area contributed by atoms with Crippen molar-refractivity contribution in [2.24, 2.45) is 0 Å². The lowest BCUT2D eigenvalue weighted by Gasteiger charge is -2.45. The van der Waals surface area contributed by atoms with E-state index < -0.39 is 5.41 Å². The lowest BCUT2D eigenvalue weighted by atomic mass is 9.64. The highest BCUT2D eigenvalue weighted by Gasteiger charge is 2.52. The van der Waals surface area contributed by atoms with Crippen LogP contribution in [0, 0.1) is 0 Å². The Hall–Kier alpha value is -4.14. The third-order valence-corrected chi connectivity index (χ3v) is 8.59. The minimum absolute atomic E-state index is 0.409. The van der Waals surface area contributed by atoms with Crippen molar-refractivity contribution in [2.45, 2.75) is 5.41 Å². The van der Waals surface area contributed by atoms with Gasteiger partial charge < -0.3 is 4.90 Å². The van der Waals surface area contributed by atoms with Gasteiger partial charge in [-0.05, 0) is 74.5 Å². The molecule has 0 fully saturated rings. The molecule has 37 heavy (non-hydrogen) atoms. The highest BCUT2D eigenvalue weighted by Crippen LogP contribution is 2.64. The Labute approximate surface area is 224 Å². The Bertz CT molecular complexity index is 1860. The van der Waals surface area contributed by atoms with Gasteiger partial charge in [0.25, 0.3) is 0 Å². The van der Waals surface area contributed by atoms with Crippen molar-refractivity contribution >= 4 is 43.8 Å². The van der Waals surface area contributed by atoms with Crippen molar-refractivity contribution in [1.29, 1.82) is 0 Å². The summed E-state index contributed by atoms with van der Waals surface area (Å²) in [6, 6.07) is 48.9. The number of fused-ring (bicyclic) bond motifs is 11. The first-order valence-electron chi connectivity index (χ1n) is 12.7. The van der Waals surface area contributed by atoms with Crippen LogP contribution in [0.4, 0.5) is 17.1 Å². The van der Waals surface area contributed by atoms with Gasteiger partial charge in [0.2, 0.25) is 0 Å². The number of rotatable bonds is 1. The molecule has 1 heterocycles. The van der Waals surface area contributed by atoms with Crippen LogP contribution in [0.5, 0.6) is 0 Å². The molecule has 0 saturated heterocycles. The standard InChI is InChI=1S/C35H22BrN/c36-24-19-21-30-33(22-24)37(25-11-2-1-3-12-25)32-17-9-8-16-29(32)35(30)28-15-7-6-14-27(28)34-26-13-5-4-10-23(26)18-20-31(34)35/h1-22H. The lowest BCUT2D eigenvalue weighted by Crippen LogP contribution is -2.36. The van der Waals surface area contributed by atoms with Gasteiger partial charge in [-0.15, -0.1) is 0 Å². The van der Waals surface area contributed by atoms with Crippen molar-refractivity contribution in [3.63, 3.8) is 0 Å². The Morgan fingerprint density at radius 1 is 0.514 bits per heavy atom. The van der Waals surface area contributed by atoms with E-state index >= 15 is 0 Å². The molecular formula is C35H22BrN. The Morgan fingerprint density at radius 2 is 1.19 bits per heavy atom. The van der Waals surface area contributed by atoms with Gasteiger partial charge in [-0.25, -0.2) is 0 Å². The van der Waals surface area contributed by atoms with E-state index in [9.17, 15) is 0 Å². The second kappa shape index (κ2) is 7.68. The fraction of sp³-hybridized carbons (Fsp3) is 0.0286. The van der Waals surface area contributed by atoms with Crippen LogP contribution >= 0.6 is 15.9 Å². The number of halogens is 1. The lowest BCUT2D eigenvalue weighted by molar-refractivity contribution is 0.753. The number of hydrogen-bond acceptors (Lipinski definition) is 1. The predicted octanol–water partition coefficient (Wildman–Crippen LogP) is 9.75. The summed E-state index contributed by atoms with van der Waals surface area (Å²) in [6.45, 7) is 0. The van der Waals surface area contributed by atoms with Crippen LogP contribution < -0.4 is 4.90 Å². The average molecular weight is 536 g/mol. The van der Waals surface area contributed by atoms with Gasteiger partial charge in [0.05, 0.1) is 16.8 Å². The molecule has 2 aliphatic rings. The zero-order valence-electron chi connectivity index (χ0n) is 20.0. The van der Waals surface area contributed by atoms with Crippen LogP contribution in [0.1, 0.15) is 22.3 Å². The fourth-order valence-corrected chi connectivity index (χ4v) is 7.10. The van der Waals surface area contributed by atoms with Crippen LogP contribution in [-0.2, 0) is 5.41 Å². The highest BCUT2D eigenvalue weighted by molar-refractivity contribution is 9.10. The molecule has 1 spiro atoms. The minimum Gasteiger partial charge on any atom is -0.310 e. The first-order chi connectivity index (χ1) is 18.3. The Morgan fingerprint density at radius 3 is 2.08 bits per heavy atom. The molecule has 0 N–H and O–H groups in total. The minimum atomic E-state index is -0.409. The topological polar surface area (TPSA) is 3.24 Å². The van der Waals surface area contributed by atoms with E-state index in [0.29, 0.717) is 0 Å². The third kappa shape index (κ3) is 2.68. The van der Waals surface area contributed by atoms with Gasteiger partial charge in [-0.3, -0.25) is 0 Å². The zero-order valence-corrected chi connectivity index (χ0v) is 21.6. The molecule has 1 aliphatic heterocycles. The fourth-order valence-electron chi connectivity index (χ4n) is 6.75. The van der Waals surface area contributed by atoms with Gasteiger partial charge in [-0.1, -0.05) is 119 Å². The van der Waals surface area contributed by atoms with Crippen LogP contribution in [0.25, 0.3) is 21.9 Å². The summed E-state index contributed by atoms with van der Waals surface area (Å²) in [7, 11) is 0. The summed E-state index contributed by atoms with van der Waals surface area (Å²) in [5, 5.41) is 2.59. The van der Waals surface area contributed by atoms with E-state index in [1.807, 2.05) is 0 Å². The highest BCUT2D eigenvalue weighted by atomic mass is 79.9.